The van der Waals surface area contributed by atoms with E-state index in [1.165, 1.54) is 23.3 Å². The Morgan fingerprint density at radius 2 is 1.97 bits per heavy atom. The topological polar surface area (TPSA) is 66.0 Å². The molecule has 2 N–H and O–H groups in total. The molecule has 2 aromatic carbocycles. The standard InChI is InChI=1S/C23H29FN4O2.HI/c1-3-25-23(26-14-17(2)30-21-10-6-9-20(24)13-21)27-15-22(29)28-12-11-18-7-4-5-8-19(18)16-28;/h4-10,13,17H,3,11-12,14-16H2,1-2H3,(H2,25,26,27);1H. The molecule has 0 aromatic heterocycles. The maximum absolute atomic E-state index is 13.3. The fourth-order valence-electron chi connectivity index (χ4n) is 3.35. The SMILES string of the molecule is CCNC(=NCC(=O)N1CCc2ccccc2C1)NCC(C)Oc1cccc(F)c1.I. The summed E-state index contributed by atoms with van der Waals surface area (Å²) in [6, 6.07) is 14.3. The number of hydrogen-bond donors (Lipinski definition) is 2. The lowest BCUT2D eigenvalue weighted by Crippen LogP contribution is -2.43. The molecular formula is C23H30FIN4O2. The Hall–Kier alpha value is -2.36. The van der Waals surface area contributed by atoms with Crippen LogP contribution < -0.4 is 15.4 Å². The summed E-state index contributed by atoms with van der Waals surface area (Å²) < 4.78 is 19.0. The van der Waals surface area contributed by atoms with E-state index < -0.39 is 0 Å². The number of halogens is 2. The molecule has 168 valence electrons. The molecule has 0 saturated carbocycles. The molecule has 1 aliphatic heterocycles. The van der Waals surface area contributed by atoms with Gasteiger partial charge >= 0.3 is 0 Å². The number of carbonyl (C=O) groups is 1. The number of ether oxygens (including phenoxy) is 1. The molecule has 1 atom stereocenters. The number of rotatable bonds is 7. The molecule has 1 unspecified atom stereocenters. The largest absolute Gasteiger partial charge is 0.489 e. The van der Waals surface area contributed by atoms with Crippen molar-refractivity contribution >= 4 is 35.8 Å². The molecule has 1 heterocycles. The number of amides is 1. The summed E-state index contributed by atoms with van der Waals surface area (Å²) in [7, 11) is 0. The van der Waals surface area contributed by atoms with E-state index in [4.69, 9.17) is 4.74 Å². The Kier molecular flexibility index (Phi) is 10.0. The van der Waals surface area contributed by atoms with Crippen LogP contribution in [0.3, 0.4) is 0 Å². The highest BCUT2D eigenvalue weighted by Gasteiger charge is 2.20. The quantitative estimate of drug-likeness (QED) is 0.321. The van der Waals surface area contributed by atoms with E-state index >= 15 is 0 Å². The van der Waals surface area contributed by atoms with Gasteiger partial charge in [-0.25, -0.2) is 9.38 Å². The van der Waals surface area contributed by atoms with Crippen molar-refractivity contribution in [2.24, 2.45) is 4.99 Å². The van der Waals surface area contributed by atoms with Crippen LogP contribution in [0.25, 0.3) is 0 Å². The van der Waals surface area contributed by atoms with Gasteiger partial charge in [0.05, 0.1) is 6.54 Å². The van der Waals surface area contributed by atoms with E-state index in [0.29, 0.717) is 37.9 Å². The van der Waals surface area contributed by atoms with Crippen LogP contribution in [0.2, 0.25) is 0 Å². The average Bonchev–Trinajstić information content (AvgIpc) is 2.75. The van der Waals surface area contributed by atoms with Gasteiger partial charge in [-0.2, -0.15) is 0 Å². The highest BCUT2D eigenvalue weighted by molar-refractivity contribution is 14.0. The Balaban J connectivity index is 0.00000341. The molecule has 0 bridgehead atoms. The lowest BCUT2D eigenvalue weighted by atomic mass is 10.00. The molecule has 2 aromatic rings. The van der Waals surface area contributed by atoms with Gasteiger partial charge in [0.2, 0.25) is 5.91 Å². The molecule has 31 heavy (non-hydrogen) atoms. The number of carbonyl (C=O) groups excluding carboxylic acids is 1. The van der Waals surface area contributed by atoms with Gasteiger partial charge in [-0.3, -0.25) is 4.79 Å². The fraction of sp³-hybridized carbons (Fsp3) is 0.391. The zero-order valence-electron chi connectivity index (χ0n) is 17.9. The number of nitrogens with one attached hydrogen (secondary N) is 2. The molecule has 1 aliphatic rings. The molecule has 0 spiro atoms. The van der Waals surface area contributed by atoms with Crippen LogP contribution >= 0.6 is 24.0 Å². The predicted octanol–water partition coefficient (Wildman–Crippen LogP) is 3.35. The van der Waals surface area contributed by atoms with Crippen molar-refractivity contribution in [3.8, 4) is 5.75 Å². The molecule has 0 fully saturated rings. The van der Waals surface area contributed by atoms with Crippen molar-refractivity contribution in [3.63, 3.8) is 0 Å². The third kappa shape index (κ3) is 7.68. The maximum atomic E-state index is 13.3. The van der Waals surface area contributed by atoms with Crippen LogP contribution in [-0.4, -0.2) is 49.0 Å². The molecule has 8 heteroatoms. The summed E-state index contributed by atoms with van der Waals surface area (Å²) in [4.78, 5) is 18.9. The van der Waals surface area contributed by atoms with Crippen molar-refractivity contribution in [2.45, 2.75) is 32.9 Å². The molecular weight excluding hydrogens is 510 g/mol. The lowest BCUT2D eigenvalue weighted by molar-refractivity contribution is -0.130. The van der Waals surface area contributed by atoms with Crippen LogP contribution in [0.4, 0.5) is 4.39 Å². The van der Waals surface area contributed by atoms with E-state index in [1.807, 2.05) is 30.9 Å². The van der Waals surface area contributed by atoms with E-state index in [1.54, 1.807) is 12.1 Å². The monoisotopic (exact) mass is 540 g/mol. The predicted molar refractivity (Wildman–Crippen MR) is 131 cm³/mol. The van der Waals surface area contributed by atoms with Gasteiger partial charge < -0.3 is 20.3 Å². The number of nitrogens with zero attached hydrogens (tertiary/aromatic N) is 2. The van der Waals surface area contributed by atoms with Gasteiger partial charge in [0, 0.05) is 25.7 Å². The first-order valence-corrected chi connectivity index (χ1v) is 10.3. The minimum atomic E-state index is -0.332. The van der Waals surface area contributed by atoms with E-state index in [-0.39, 0.29) is 48.3 Å². The molecule has 0 aliphatic carbocycles. The van der Waals surface area contributed by atoms with Crippen LogP contribution in [-0.2, 0) is 17.8 Å². The molecule has 3 rings (SSSR count). The Morgan fingerprint density at radius 3 is 2.71 bits per heavy atom. The molecule has 0 radical (unpaired) electrons. The summed E-state index contributed by atoms with van der Waals surface area (Å²) in [5.41, 5.74) is 2.52. The zero-order valence-corrected chi connectivity index (χ0v) is 20.3. The average molecular weight is 540 g/mol. The number of benzene rings is 2. The van der Waals surface area contributed by atoms with Crippen LogP contribution in [0.15, 0.2) is 53.5 Å². The summed E-state index contributed by atoms with van der Waals surface area (Å²) in [5, 5.41) is 6.32. The van der Waals surface area contributed by atoms with E-state index in [0.717, 1.165) is 6.42 Å². The fourth-order valence-corrected chi connectivity index (χ4v) is 3.35. The number of aliphatic imine (C=N–C) groups is 1. The molecule has 6 nitrogen and oxygen atoms in total. The Morgan fingerprint density at radius 1 is 1.19 bits per heavy atom. The van der Waals surface area contributed by atoms with Crippen molar-refractivity contribution < 1.29 is 13.9 Å². The van der Waals surface area contributed by atoms with Gasteiger partial charge in [-0.05, 0) is 43.5 Å². The first kappa shape index (κ1) is 24.9. The highest BCUT2D eigenvalue weighted by atomic mass is 127. The van der Waals surface area contributed by atoms with Crippen molar-refractivity contribution in [1.29, 1.82) is 0 Å². The first-order valence-electron chi connectivity index (χ1n) is 10.3. The number of fused-ring (bicyclic) bond motifs is 1. The second-order valence-electron chi connectivity index (χ2n) is 7.30. The first-order chi connectivity index (χ1) is 14.5. The van der Waals surface area contributed by atoms with Crippen LogP contribution in [0.1, 0.15) is 25.0 Å². The minimum Gasteiger partial charge on any atom is -0.489 e. The van der Waals surface area contributed by atoms with Gasteiger partial charge in [-0.15, -0.1) is 24.0 Å². The second-order valence-corrected chi connectivity index (χ2v) is 7.30. The summed E-state index contributed by atoms with van der Waals surface area (Å²) in [5.74, 6) is 0.705. The van der Waals surface area contributed by atoms with Crippen LogP contribution in [0, 0.1) is 5.82 Å². The van der Waals surface area contributed by atoms with Gasteiger partial charge in [-0.1, -0.05) is 30.3 Å². The smallest absolute Gasteiger partial charge is 0.244 e. The lowest BCUT2D eigenvalue weighted by Gasteiger charge is -2.28. The Labute approximate surface area is 200 Å². The van der Waals surface area contributed by atoms with E-state index in [2.05, 4.69) is 27.8 Å². The number of hydrogen-bond acceptors (Lipinski definition) is 3. The normalized spacial score (nSPS) is 14.2. The van der Waals surface area contributed by atoms with Gasteiger partial charge in [0.25, 0.3) is 0 Å². The number of guanidine groups is 1. The van der Waals surface area contributed by atoms with Gasteiger partial charge in [0.15, 0.2) is 5.96 Å². The summed E-state index contributed by atoms with van der Waals surface area (Å²) >= 11 is 0. The maximum Gasteiger partial charge on any atom is 0.244 e. The highest BCUT2D eigenvalue weighted by Crippen LogP contribution is 2.18. The van der Waals surface area contributed by atoms with Crippen LogP contribution in [0.5, 0.6) is 5.75 Å². The third-order valence-electron chi connectivity index (χ3n) is 4.89. The third-order valence-corrected chi connectivity index (χ3v) is 4.89. The summed E-state index contributed by atoms with van der Waals surface area (Å²) in [6.07, 6.45) is 0.670. The van der Waals surface area contributed by atoms with Gasteiger partial charge in [0.1, 0.15) is 24.2 Å². The molecule has 0 saturated heterocycles. The van der Waals surface area contributed by atoms with Crippen molar-refractivity contribution in [2.75, 3.05) is 26.2 Å². The van der Waals surface area contributed by atoms with Crippen molar-refractivity contribution in [1.82, 2.24) is 15.5 Å². The Bertz CT molecular complexity index is 893. The summed E-state index contributed by atoms with van der Waals surface area (Å²) in [6.45, 7) is 6.42. The van der Waals surface area contributed by atoms with Crippen molar-refractivity contribution in [3.05, 3.63) is 65.5 Å². The zero-order chi connectivity index (χ0) is 21.3. The molecule has 1 amide bonds. The second kappa shape index (κ2) is 12.5. The minimum absolute atomic E-state index is 0. The van der Waals surface area contributed by atoms with E-state index in [9.17, 15) is 9.18 Å².